The van der Waals surface area contributed by atoms with Crippen LogP contribution in [0.25, 0.3) is 0 Å². The van der Waals surface area contributed by atoms with Crippen molar-refractivity contribution >= 4 is 10.0 Å². The lowest BCUT2D eigenvalue weighted by Gasteiger charge is -2.34. The molecule has 1 atom stereocenters. The average molecular weight is 321 g/mol. The Morgan fingerprint density at radius 1 is 1.23 bits per heavy atom. The van der Waals surface area contributed by atoms with E-state index in [0.717, 1.165) is 11.1 Å². The third kappa shape index (κ3) is 3.67. The first-order valence-corrected chi connectivity index (χ1v) is 8.98. The number of sulfonamides is 1. The molecule has 0 radical (unpaired) electrons. The standard InChI is InChI=1S/C16H23N3O2S/c1-13-4-5-16(15(3)10-13)22(20,21)19-8-6-18(7-9-19)12-14(2)11-17/h4-5,10,14H,6-9,12H2,1-3H3/t14-/m1/s1. The van der Waals surface area contributed by atoms with E-state index in [4.69, 9.17) is 5.26 Å². The van der Waals surface area contributed by atoms with E-state index < -0.39 is 10.0 Å². The van der Waals surface area contributed by atoms with Crippen molar-refractivity contribution in [2.45, 2.75) is 25.7 Å². The fourth-order valence-electron chi connectivity index (χ4n) is 2.81. The van der Waals surface area contributed by atoms with Crippen LogP contribution in [0.5, 0.6) is 0 Å². The Balaban J connectivity index is 2.08. The minimum absolute atomic E-state index is 0.0255. The molecule has 1 saturated heterocycles. The van der Waals surface area contributed by atoms with Crippen LogP contribution in [-0.4, -0.2) is 50.3 Å². The second-order valence-electron chi connectivity index (χ2n) is 6.00. The van der Waals surface area contributed by atoms with Crippen molar-refractivity contribution in [2.75, 3.05) is 32.7 Å². The fourth-order valence-corrected chi connectivity index (χ4v) is 4.44. The van der Waals surface area contributed by atoms with Crippen molar-refractivity contribution in [3.8, 4) is 6.07 Å². The van der Waals surface area contributed by atoms with Gasteiger partial charge in [0.1, 0.15) is 0 Å². The van der Waals surface area contributed by atoms with Crippen molar-refractivity contribution < 1.29 is 8.42 Å². The number of hydrogen-bond donors (Lipinski definition) is 0. The lowest BCUT2D eigenvalue weighted by Crippen LogP contribution is -2.49. The van der Waals surface area contributed by atoms with Gasteiger partial charge in [0.15, 0.2) is 0 Å². The molecule has 1 aromatic rings. The van der Waals surface area contributed by atoms with E-state index in [1.54, 1.807) is 10.4 Å². The first kappa shape index (κ1) is 16.9. The van der Waals surface area contributed by atoms with Crippen LogP contribution in [0.3, 0.4) is 0 Å². The predicted molar refractivity (Wildman–Crippen MR) is 85.9 cm³/mol. The quantitative estimate of drug-likeness (QED) is 0.848. The molecule has 2 rings (SSSR count). The maximum atomic E-state index is 12.8. The molecule has 0 amide bonds. The van der Waals surface area contributed by atoms with Gasteiger partial charge in [-0.25, -0.2) is 8.42 Å². The molecule has 0 aromatic heterocycles. The molecule has 1 aliphatic heterocycles. The summed E-state index contributed by atoms with van der Waals surface area (Å²) in [6.45, 7) is 8.70. The van der Waals surface area contributed by atoms with Crippen molar-refractivity contribution in [2.24, 2.45) is 5.92 Å². The third-order valence-electron chi connectivity index (χ3n) is 4.03. The lowest BCUT2D eigenvalue weighted by atomic mass is 10.2. The van der Waals surface area contributed by atoms with Gasteiger partial charge in [-0.15, -0.1) is 0 Å². The molecule has 0 bridgehead atoms. The summed E-state index contributed by atoms with van der Waals surface area (Å²) in [4.78, 5) is 2.55. The first-order chi connectivity index (χ1) is 10.3. The van der Waals surface area contributed by atoms with Crippen molar-refractivity contribution in [3.05, 3.63) is 29.3 Å². The monoisotopic (exact) mass is 321 g/mol. The van der Waals surface area contributed by atoms with E-state index in [-0.39, 0.29) is 5.92 Å². The summed E-state index contributed by atoms with van der Waals surface area (Å²) in [5.74, 6) is -0.0255. The van der Waals surface area contributed by atoms with Gasteiger partial charge in [-0.05, 0) is 32.4 Å². The van der Waals surface area contributed by atoms with Crippen LogP contribution < -0.4 is 0 Å². The zero-order valence-electron chi connectivity index (χ0n) is 13.4. The van der Waals surface area contributed by atoms with Crippen molar-refractivity contribution in [1.29, 1.82) is 5.26 Å². The minimum atomic E-state index is -3.43. The summed E-state index contributed by atoms with van der Waals surface area (Å²) in [5.41, 5.74) is 1.85. The number of nitrogens with zero attached hydrogens (tertiary/aromatic N) is 3. The highest BCUT2D eigenvalue weighted by atomic mass is 32.2. The highest BCUT2D eigenvalue weighted by Crippen LogP contribution is 2.22. The SMILES string of the molecule is Cc1ccc(S(=O)(=O)N2CCN(C[C@H](C)C#N)CC2)c(C)c1. The molecule has 6 heteroatoms. The number of rotatable bonds is 4. The predicted octanol–water partition coefficient (Wildman–Crippen LogP) is 1.77. The maximum absolute atomic E-state index is 12.8. The van der Waals surface area contributed by atoms with Gasteiger partial charge in [0, 0.05) is 32.7 Å². The number of aryl methyl sites for hydroxylation is 2. The highest BCUT2D eigenvalue weighted by Gasteiger charge is 2.29. The molecule has 0 unspecified atom stereocenters. The Hall–Kier alpha value is -1.42. The number of piperazine rings is 1. The Kier molecular flexibility index (Phi) is 5.22. The fraction of sp³-hybridized carbons (Fsp3) is 0.562. The molecule has 0 N–H and O–H groups in total. The molecule has 22 heavy (non-hydrogen) atoms. The van der Waals surface area contributed by atoms with Crippen LogP contribution in [0.2, 0.25) is 0 Å². The zero-order chi connectivity index (χ0) is 16.3. The topological polar surface area (TPSA) is 64.4 Å². The molecule has 120 valence electrons. The van der Waals surface area contributed by atoms with Gasteiger partial charge in [0.05, 0.1) is 16.9 Å². The van der Waals surface area contributed by atoms with Crippen LogP contribution >= 0.6 is 0 Å². The number of hydrogen-bond acceptors (Lipinski definition) is 4. The van der Waals surface area contributed by atoms with Gasteiger partial charge in [-0.1, -0.05) is 17.7 Å². The molecule has 0 spiro atoms. The molecule has 1 fully saturated rings. The summed E-state index contributed by atoms with van der Waals surface area (Å²) in [6.07, 6.45) is 0. The Bertz CT molecular complexity index is 671. The molecule has 5 nitrogen and oxygen atoms in total. The number of nitriles is 1. The molecule has 1 aliphatic rings. The van der Waals surface area contributed by atoms with Gasteiger partial charge in [-0.2, -0.15) is 9.57 Å². The van der Waals surface area contributed by atoms with Gasteiger partial charge in [-0.3, -0.25) is 4.90 Å². The van der Waals surface area contributed by atoms with E-state index in [9.17, 15) is 8.42 Å². The van der Waals surface area contributed by atoms with Gasteiger partial charge >= 0.3 is 0 Å². The molecule has 1 aromatic carbocycles. The Morgan fingerprint density at radius 3 is 2.41 bits per heavy atom. The molecule has 0 saturated carbocycles. The maximum Gasteiger partial charge on any atom is 0.243 e. The zero-order valence-corrected chi connectivity index (χ0v) is 14.2. The molecular weight excluding hydrogens is 298 g/mol. The van der Waals surface area contributed by atoms with Gasteiger partial charge in [0.25, 0.3) is 0 Å². The van der Waals surface area contributed by atoms with E-state index in [0.29, 0.717) is 37.6 Å². The van der Waals surface area contributed by atoms with Crippen LogP contribution in [0.4, 0.5) is 0 Å². The van der Waals surface area contributed by atoms with Crippen molar-refractivity contribution in [1.82, 2.24) is 9.21 Å². The minimum Gasteiger partial charge on any atom is -0.299 e. The lowest BCUT2D eigenvalue weighted by molar-refractivity contribution is 0.178. The van der Waals surface area contributed by atoms with E-state index in [2.05, 4.69) is 11.0 Å². The summed E-state index contributed by atoms with van der Waals surface area (Å²) in [5, 5.41) is 8.87. The Labute approximate surface area is 133 Å². The molecule has 1 heterocycles. The normalized spacial score (nSPS) is 18.8. The second-order valence-corrected chi connectivity index (χ2v) is 7.91. The second kappa shape index (κ2) is 6.78. The van der Waals surface area contributed by atoms with Crippen molar-refractivity contribution in [3.63, 3.8) is 0 Å². The summed E-state index contributed by atoms with van der Waals surface area (Å²) in [6, 6.07) is 7.66. The molecular formula is C16H23N3O2S. The Morgan fingerprint density at radius 2 is 1.86 bits per heavy atom. The summed E-state index contributed by atoms with van der Waals surface area (Å²) in [7, 11) is -3.43. The highest BCUT2D eigenvalue weighted by molar-refractivity contribution is 7.89. The van der Waals surface area contributed by atoms with Crippen LogP contribution in [0, 0.1) is 31.1 Å². The van der Waals surface area contributed by atoms with Crippen LogP contribution in [0.1, 0.15) is 18.1 Å². The van der Waals surface area contributed by atoms with E-state index >= 15 is 0 Å². The van der Waals surface area contributed by atoms with E-state index in [1.165, 1.54) is 0 Å². The number of benzene rings is 1. The first-order valence-electron chi connectivity index (χ1n) is 7.54. The average Bonchev–Trinajstić information content (AvgIpc) is 2.47. The van der Waals surface area contributed by atoms with Crippen LogP contribution in [0.15, 0.2) is 23.1 Å². The largest absolute Gasteiger partial charge is 0.299 e. The van der Waals surface area contributed by atoms with Gasteiger partial charge < -0.3 is 0 Å². The smallest absolute Gasteiger partial charge is 0.243 e. The van der Waals surface area contributed by atoms with Gasteiger partial charge in [0.2, 0.25) is 10.0 Å². The summed E-state index contributed by atoms with van der Waals surface area (Å²) >= 11 is 0. The molecule has 0 aliphatic carbocycles. The third-order valence-corrected chi connectivity index (χ3v) is 6.09. The summed E-state index contributed by atoms with van der Waals surface area (Å²) < 4.78 is 27.1. The van der Waals surface area contributed by atoms with Crippen LogP contribution in [-0.2, 0) is 10.0 Å². The van der Waals surface area contributed by atoms with E-state index in [1.807, 2.05) is 32.9 Å².